The smallest absolute Gasteiger partial charge is 0.243 e. The summed E-state index contributed by atoms with van der Waals surface area (Å²) >= 11 is 0. The Morgan fingerprint density at radius 1 is 1.00 bits per heavy atom. The molecule has 2 heterocycles. The molecule has 0 aromatic heterocycles. The van der Waals surface area contributed by atoms with Crippen LogP contribution < -0.4 is 0 Å². The Bertz CT molecular complexity index is 414. The molecule has 4 heteroatoms. The third-order valence-corrected chi connectivity index (χ3v) is 5.69. The Hall–Kier alpha value is -1.08. The molecule has 1 unspecified atom stereocenters. The lowest BCUT2D eigenvalue weighted by Crippen LogP contribution is -2.44. The van der Waals surface area contributed by atoms with Crippen LogP contribution in [-0.2, 0) is 4.79 Å². The molecule has 3 aliphatic rings. The summed E-state index contributed by atoms with van der Waals surface area (Å²) in [6.45, 7) is 4.08. The lowest BCUT2D eigenvalue weighted by Gasteiger charge is -2.30. The fraction of sp³-hybridized carbons (Fsp3) is 0.882. The maximum atomic E-state index is 13.0. The van der Waals surface area contributed by atoms with Crippen LogP contribution in [0.2, 0.25) is 0 Å². The number of carbonyl (C=O) groups is 1. The largest absolute Gasteiger partial charge is 0.340 e. The van der Waals surface area contributed by atoms with Gasteiger partial charge in [0.05, 0.1) is 6.07 Å². The van der Waals surface area contributed by atoms with Crippen molar-refractivity contribution in [1.29, 1.82) is 5.26 Å². The van der Waals surface area contributed by atoms with Gasteiger partial charge >= 0.3 is 0 Å². The highest BCUT2D eigenvalue weighted by molar-refractivity contribution is 5.85. The minimum atomic E-state index is -0.712. The molecule has 2 aliphatic heterocycles. The molecule has 0 aromatic rings. The summed E-state index contributed by atoms with van der Waals surface area (Å²) in [6, 6.07) is 2.95. The number of nitriles is 1. The first-order valence-corrected chi connectivity index (χ1v) is 8.70. The van der Waals surface area contributed by atoms with E-state index in [0.717, 1.165) is 45.2 Å². The number of hydrogen-bond donors (Lipinski definition) is 0. The standard InChI is InChI=1S/C17H27N3O/c18-14-17(8-3-1-2-4-9-17)16(21)20-12-7-15(13-20)19-10-5-6-11-19/h15H,1-13H2. The number of amides is 1. The maximum absolute atomic E-state index is 13.0. The van der Waals surface area contributed by atoms with E-state index in [9.17, 15) is 10.1 Å². The van der Waals surface area contributed by atoms with E-state index in [0.29, 0.717) is 6.04 Å². The fourth-order valence-corrected chi connectivity index (χ4v) is 4.34. The molecule has 2 saturated heterocycles. The summed E-state index contributed by atoms with van der Waals surface area (Å²) in [5.74, 6) is 0.133. The second-order valence-electron chi connectivity index (χ2n) is 7.04. The van der Waals surface area contributed by atoms with Crippen molar-refractivity contribution in [2.24, 2.45) is 5.41 Å². The van der Waals surface area contributed by atoms with Gasteiger partial charge in [-0.3, -0.25) is 9.69 Å². The first-order chi connectivity index (χ1) is 10.2. The Morgan fingerprint density at radius 2 is 1.67 bits per heavy atom. The molecule has 0 spiro atoms. The van der Waals surface area contributed by atoms with Gasteiger partial charge in [-0.25, -0.2) is 0 Å². The van der Waals surface area contributed by atoms with Crippen LogP contribution in [0, 0.1) is 16.7 Å². The van der Waals surface area contributed by atoms with Gasteiger partial charge in [-0.2, -0.15) is 5.26 Å². The van der Waals surface area contributed by atoms with Crippen molar-refractivity contribution in [3.63, 3.8) is 0 Å². The van der Waals surface area contributed by atoms with Gasteiger partial charge in [0.15, 0.2) is 0 Å². The number of nitrogens with zero attached hydrogens (tertiary/aromatic N) is 3. The van der Waals surface area contributed by atoms with E-state index < -0.39 is 5.41 Å². The van der Waals surface area contributed by atoms with Crippen LogP contribution in [0.5, 0.6) is 0 Å². The lowest BCUT2D eigenvalue weighted by molar-refractivity contribution is -0.138. The van der Waals surface area contributed by atoms with E-state index in [1.165, 1.54) is 38.8 Å². The van der Waals surface area contributed by atoms with Crippen LogP contribution in [0.1, 0.15) is 57.8 Å². The predicted molar refractivity (Wildman–Crippen MR) is 81.5 cm³/mol. The van der Waals surface area contributed by atoms with Crippen molar-refractivity contribution >= 4 is 5.91 Å². The van der Waals surface area contributed by atoms with Gasteiger partial charge in [-0.15, -0.1) is 0 Å². The first kappa shape index (κ1) is 14.8. The van der Waals surface area contributed by atoms with E-state index in [1.807, 2.05) is 4.90 Å². The fourth-order valence-electron chi connectivity index (χ4n) is 4.34. The van der Waals surface area contributed by atoms with Gasteiger partial charge in [0.2, 0.25) is 5.91 Å². The second-order valence-corrected chi connectivity index (χ2v) is 7.04. The van der Waals surface area contributed by atoms with E-state index in [1.54, 1.807) is 0 Å². The minimum absolute atomic E-state index is 0.133. The minimum Gasteiger partial charge on any atom is -0.340 e. The highest BCUT2D eigenvalue weighted by Crippen LogP contribution is 2.37. The van der Waals surface area contributed by atoms with Crippen molar-refractivity contribution in [2.45, 2.75) is 63.8 Å². The summed E-state index contributed by atoms with van der Waals surface area (Å²) in [4.78, 5) is 17.5. The summed E-state index contributed by atoms with van der Waals surface area (Å²) < 4.78 is 0. The highest BCUT2D eigenvalue weighted by atomic mass is 16.2. The average Bonchev–Trinajstić information content (AvgIpc) is 3.13. The molecule has 0 bridgehead atoms. The molecule has 1 aliphatic carbocycles. The van der Waals surface area contributed by atoms with Crippen LogP contribution in [0.4, 0.5) is 0 Å². The average molecular weight is 289 g/mol. The van der Waals surface area contributed by atoms with Crippen molar-refractivity contribution in [1.82, 2.24) is 9.80 Å². The number of likely N-dealkylation sites (tertiary alicyclic amines) is 2. The van der Waals surface area contributed by atoms with E-state index >= 15 is 0 Å². The maximum Gasteiger partial charge on any atom is 0.243 e. The van der Waals surface area contributed by atoms with Gasteiger partial charge < -0.3 is 4.90 Å². The zero-order chi connectivity index (χ0) is 14.7. The van der Waals surface area contributed by atoms with Gasteiger partial charge in [0, 0.05) is 19.1 Å². The lowest BCUT2D eigenvalue weighted by atomic mass is 9.80. The van der Waals surface area contributed by atoms with Crippen LogP contribution in [0.25, 0.3) is 0 Å². The van der Waals surface area contributed by atoms with Crippen molar-refractivity contribution in [3.8, 4) is 6.07 Å². The number of rotatable bonds is 2. The highest BCUT2D eigenvalue weighted by Gasteiger charge is 2.44. The molecule has 0 aromatic carbocycles. The second kappa shape index (κ2) is 6.36. The molecular formula is C17H27N3O. The van der Waals surface area contributed by atoms with Gasteiger partial charge in [0.25, 0.3) is 0 Å². The zero-order valence-electron chi connectivity index (χ0n) is 13.0. The van der Waals surface area contributed by atoms with E-state index in [-0.39, 0.29) is 5.91 Å². The SMILES string of the molecule is N#CC1(C(=O)N2CCC(N3CCCC3)C2)CCCCCC1. The number of carbonyl (C=O) groups excluding carboxylic acids is 1. The normalized spacial score (nSPS) is 30.0. The Labute approximate surface area is 128 Å². The van der Waals surface area contributed by atoms with Crippen LogP contribution >= 0.6 is 0 Å². The van der Waals surface area contributed by atoms with Crippen molar-refractivity contribution < 1.29 is 4.79 Å². The Balaban J connectivity index is 1.65. The van der Waals surface area contributed by atoms with Crippen LogP contribution in [0.15, 0.2) is 0 Å². The summed E-state index contributed by atoms with van der Waals surface area (Å²) in [5, 5.41) is 9.67. The first-order valence-electron chi connectivity index (χ1n) is 8.70. The molecule has 3 rings (SSSR count). The van der Waals surface area contributed by atoms with E-state index in [4.69, 9.17) is 0 Å². The molecule has 0 radical (unpaired) electrons. The molecule has 116 valence electrons. The van der Waals surface area contributed by atoms with Crippen molar-refractivity contribution in [3.05, 3.63) is 0 Å². The monoisotopic (exact) mass is 289 g/mol. The summed E-state index contributed by atoms with van der Waals surface area (Å²) in [5.41, 5.74) is -0.712. The molecule has 1 saturated carbocycles. The van der Waals surface area contributed by atoms with Gasteiger partial charge in [0.1, 0.15) is 5.41 Å². The van der Waals surface area contributed by atoms with Crippen LogP contribution in [-0.4, -0.2) is 47.9 Å². The van der Waals surface area contributed by atoms with Crippen molar-refractivity contribution in [2.75, 3.05) is 26.2 Å². The molecule has 1 atom stereocenters. The molecule has 3 fully saturated rings. The molecule has 21 heavy (non-hydrogen) atoms. The zero-order valence-corrected chi connectivity index (χ0v) is 13.0. The third-order valence-electron chi connectivity index (χ3n) is 5.69. The molecule has 1 amide bonds. The molecule has 4 nitrogen and oxygen atoms in total. The Kier molecular flexibility index (Phi) is 4.49. The quantitative estimate of drug-likeness (QED) is 0.734. The van der Waals surface area contributed by atoms with Crippen LogP contribution in [0.3, 0.4) is 0 Å². The molecular weight excluding hydrogens is 262 g/mol. The molecule has 0 N–H and O–H groups in total. The Morgan fingerprint density at radius 3 is 2.29 bits per heavy atom. The third kappa shape index (κ3) is 2.94. The van der Waals surface area contributed by atoms with Gasteiger partial charge in [-0.1, -0.05) is 25.7 Å². The summed E-state index contributed by atoms with van der Waals surface area (Å²) in [6.07, 6.45) is 9.64. The topological polar surface area (TPSA) is 47.3 Å². The number of hydrogen-bond acceptors (Lipinski definition) is 3. The summed E-state index contributed by atoms with van der Waals surface area (Å²) in [7, 11) is 0. The van der Waals surface area contributed by atoms with E-state index in [2.05, 4.69) is 11.0 Å². The van der Waals surface area contributed by atoms with Gasteiger partial charge in [-0.05, 0) is 45.2 Å². The predicted octanol–water partition coefficient (Wildman–Crippen LogP) is 2.55.